The molecule has 3 aliphatic rings. The number of aryl methyl sites for hydroxylation is 1. The Morgan fingerprint density at radius 2 is 1.58 bits per heavy atom. The summed E-state index contributed by atoms with van der Waals surface area (Å²) in [6, 6.07) is 12.8. The van der Waals surface area contributed by atoms with Crippen LogP contribution in [0.1, 0.15) is 92.9 Å². The minimum atomic E-state index is -4.66. The predicted octanol–water partition coefficient (Wildman–Crippen LogP) is 8.60. The summed E-state index contributed by atoms with van der Waals surface area (Å²) in [4.78, 5) is 17.3. The molecule has 2 heterocycles. The highest BCUT2D eigenvalue weighted by molar-refractivity contribution is 5.74. The number of carboxylic acid groups (broad SMARTS) is 1. The maximum atomic E-state index is 13.9. The number of nitrogens with zero attached hydrogens (tertiary/aromatic N) is 2. The lowest BCUT2D eigenvalue weighted by Gasteiger charge is -2.35. The third-order valence-corrected chi connectivity index (χ3v) is 10.5. The number of likely N-dealkylation sites (tertiary alicyclic amines) is 2. The van der Waals surface area contributed by atoms with Gasteiger partial charge in [0.1, 0.15) is 6.04 Å². The van der Waals surface area contributed by atoms with E-state index in [0.717, 1.165) is 83.7 Å². The normalized spacial score (nSPS) is 23.8. The summed E-state index contributed by atoms with van der Waals surface area (Å²) in [5.41, 5.74) is -0.0263. The van der Waals surface area contributed by atoms with Crippen LogP contribution in [0.4, 0.5) is 22.0 Å². The second-order valence-electron chi connectivity index (χ2n) is 13.9. The number of carboxylic acids is 1. The van der Waals surface area contributed by atoms with Crippen molar-refractivity contribution in [2.75, 3.05) is 32.7 Å². The highest BCUT2D eigenvalue weighted by atomic mass is 19.4. The van der Waals surface area contributed by atoms with Crippen LogP contribution in [0.25, 0.3) is 0 Å². The second-order valence-corrected chi connectivity index (χ2v) is 13.9. The molecule has 9 heteroatoms. The number of alkyl halides is 5. The third kappa shape index (κ3) is 8.85. The number of piperidine rings is 1. The van der Waals surface area contributed by atoms with Crippen LogP contribution in [0, 0.1) is 17.8 Å². The molecule has 1 N–H and O–H groups in total. The van der Waals surface area contributed by atoms with Gasteiger partial charge in [0.15, 0.2) is 0 Å². The van der Waals surface area contributed by atoms with Gasteiger partial charge in [0.2, 0.25) is 0 Å². The molecule has 2 aliphatic heterocycles. The van der Waals surface area contributed by atoms with E-state index in [1.54, 1.807) is 0 Å². The Morgan fingerprint density at radius 1 is 0.911 bits per heavy atom. The lowest BCUT2D eigenvalue weighted by molar-refractivity contribution is -0.145. The van der Waals surface area contributed by atoms with Gasteiger partial charge in [0.05, 0.1) is 5.56 Å². The van der Waals surface area contributed by atoms with E-state index in [1.807, 2.05) is 6.07 Å². The van der Waals surface area contributed by atoms with Crippen molar-refractivity contribution >= 4 is 5.97 Å². The summed E-state index contributed by atoms with van der Waals surface area (Å²) >= 11 is 0. The molecular formula is C36H47F5N2O2. The maximum Gasteiger partial charge on any atom is 0.416 e. The fourth-order valence-corrected chi connectivity index (χ4v) is 8.14. The second kappa shape index (κ2) is 14.5. The zero-order valence-electron chi connectivity index (χ0n) is 26.3. The molecule has 0 aromatic heterocycles. The van der Waals surface area contributed by atoms with E-state index in [-0.39, 0.29) is 11.8 Å². The van der Waals surface area contributed by atoms with Gasteiger partial charge in [-0.3, -0.25) is 9.69 Å². The molecule has 1 aliphatic carbocycles. The predicted molar refractivity (Wildman–Crippen MR) is 165 cm³/mol. The Balaban J connectivity index is 1.16. The molecule has 5 rings (SSSR count). The quantitative estimate of drug-likeness (QED) is 0.252. The molecule has 2 saturated heterocycles. The number of halogens is 5. The summed E-state index contributed by atoms with van der Waals surface area (Å²) in [5.74, 6) is -2.75. The van der Waals surface area contributed by atoms with E-state index in [2.05, 4.69) is 34.1 Å². The van der Waals surface area contributed by atoms with Gasteiger partial charge in [-0.05, 0) is 98.7 Å². The molecule has 3 fully saturated rings. The van der Waals surface area contributed by atoms with Crippen LogP contribution in [0.3, 0.4) is 0 Å². The van der Waals surface area contributed by atoms with Gasteiger partial charge in [-0.1, -0.05) is 56.0 Å². The van der Waals surface area contributed by atoms with Crippen molar-refractivity contribution < 1.29 is 31.9 Å². The van der Waals surface area contributed by atoms with E-state index >= 15 is 0 Å². The molecule has 0 spiro atoms. The molecular weight excluding hydrogens is 587 g/mol. The molecule has 2 aromatic carbocycles. The van der Waals surface area contributed by atoms with Crippen molar-refractivity contribution in [1.82, 2.24) is 9.80 Å². The van der Waals surface area contributed by atoms with E-state index in [1.165, 1.54) is 18.1 Å². The largest absolute Gasteiger partial charge is 0.480 e. The first kappa shape index (κ1) is 33.8. The minimum Gasteiger partial charge on any atom is -0.480 e. The van der Waals surface area contributed by atoms with Gasteiger partial charge in [0, 0.05) is 38.0 Å². The van der Waals surface area contributed by atoms with Crippen LogP contribution < -0.4 is 0 Å². The number of carbonyl (C=O) groups is 1. The molecule has 3 unspecified atom stereocenters. The topological polar surface area (TPSA) is 43.8 Å². The van der Waals surface area contributed by atoms with Crippen molar-refractivity contribution in [1.29, 1.82) is 0 Å². The van der Waals surface area contributed by atoms with E-state index < -0.39 is 35.2 Å². The molecule has 1 saturated carbocycles. The van der Waals surface area contributed by atoms with Crippen LogP contribution >= 0.6 is 0 Å². The van der Waals surface area contributed by atoms with E-state index in [4.69, 9.17) is 0 Å². The first-order valence-electron chi connectivity index (χ1n) is 16.7. The van der Waals surface area contributed by atoms with Crippen LogP contribution in [-0.4, -0.2) is 59.6 Å². The number of aliphatic carboxylic acids is 1. The van der Waals surface area contributed by atoms with E-state index in [9.17, 15) is 31.9 Å². The molecule has 45 heavy (non-hydrogen) atoms. The van der Waals surface area contributed by atoms with Crippen molar-refractivity contribution in [3.8, 4) is 0 Å². The summed E-state index contributed by atoms with van der Waals surface area (Å²) in [6.45, 7) is 4.96. The van der Waals surface area contributed by atoms with Crippen molar-refractivity contribution in [2.45, 2.75) is 95.2 Å². The SMILES string of the molecule is CC(F)(F)c1cc(CCCC2CCN(CC3CN(C(C(=O)O)C4CCCCC4)CC3c3ccccc3)CC2)cc(C(F)(F)F)c1. The molecule has 2 aromatic rings. The first-order valence-corrected chi connectivity index (χ1v) is 16.7. The average Bonchev–Trinajstić information content (AvgIpc) is 3.40. The Morgan fingerprint density at radius 3 is 2.20 bits per heavy atom. The fraction of sp³-hybridized carbons (Fsp3) is 0.639. The molecule has 0 amide bonds. The number of rotatable bonds is 11. The zero-order chi connectivity index (χ0) is 32.2. The number of benzene rings is 2. The average molecular weight is 635 g/mol. The van der Waals surface area contributed by atoms with Crippen LogP contribution in [0.15, 0.2) is 48.5 Å². The highest BCUT2D eigenvalue weighted by Crippen LogP contribution is 2.39. The molecule has 4 nitrogen and oxygen atoms in total. The molecule has 0 radical (unpaired) electrons. The van der Waals surface area contributed by atoms with Gasteiger partial charge in [-0.15, -0.1) is 0 Å². The van der Waals surface area contributed by atoms with Gasteiger partial charge in [-0.2, -0.15) is 13.2 Å². The van der Waals surface area contributed by atoms with E-state index in [0.29, 0.717) is 43.2 Å². The Kier molecular flexibility index (Phi) is 10.9. The van der Waals surface area contributed by atoms with Gasteiger partial charge in [-0.25, -0.2) is 8.78 Å². The van der Waals surface area contributed by atoms with Crippen LogP contribution in [0.2, 0.25) is 0 Å². The summed E-state index contributed by atoms with van der Waals surface area (Å²) < 4.78 is 67.9. The highest BCUT2D eigenvalue weighted by Gasteiger charge is 2.43. The number of hydrogen-bond acceptors (Lipinski definition) is 3. The van der Waals surface area contributed by atoms with Crippen LogP contribution in [-0.2, 0) is 23.3 Å². The first-order chi connectivity index (χ1) is 21.4. The van der Waals surface area contributed by atoms with Gasteiger partial charge < -0.3 is 10.0 Å². The lowest BCUT2D eigenvalue weighted by Crippen LogP contribution is -2.46. The lowest BCUT2D eigenvalue weighted by atomic mass is 9.83. The van der Waals surface area contributed by atoms with Crippen molar-refractivity contribution in [2.24, 2.45) is 17.8 Å². The maximum absolute atomic E-state index is 13.9. The summed E-state index contributed by atoms with van der Waals surface area (Å²) in [5, 5.41) is 10.3. The zero-order valence-corrected chi connectivity index (χ0v) is 26.3. The van der Waals surface area contributed by atoms with Crippen LogP contribution in [0.5, 0.6) is 0 Å². The Labute approximate surface area is 264 Å². The standard InChI is InChI=1S/C36H47F5N2O2/c1-35(37,38)30-19-26(20-31(21-30)36(39,40)41)10-8-9-25-15-17-42(18-16-25)22-29-23-43(24-32(29)27-11-4-2-5-12-27)33(34(44)45)28-13-6-3-7-14-28/h2,4-5,11-12,19-21,25,28-29,32-33H,3,6-10,13-18,22-24H2,1H3,(H,44,45). The Hall–Kier alpha value is -2.52. The van der Waals surface area contributed by atoms with Gasteiger partial charge in [0.25, 0.3) is 5.92 Å². The molecule has 3 atom stereocenters. The molecule has 0 bridgehead atoms. The minimum absolute atomic E-state index is 0.211. The molecule has 248 valence electrons. The summed E-state index contributed by atoms with van der Waals surface area (Å²) in [6.07, 6.45) is 4.57. The number of hydrogen-bond donors (Lipinski definition) is 1. The van der Waals surface area contributed by atoms with Gasteiger partial charge >= 0.3 is 12.1 Å². The fourth-order valence-electron chi connectivity index (χ4n) is 8.14. The third-order valence-electron chi connectivity index (χ3n) is 10.5. The smallest absolute Gasteiger partial charge is 0.416 e. The summed E-state index contributed by atoms with van der Waals surface area (Å²) in [7, 11) is 0. The monoisotopic (exact) mass is 634 g/mol. The van der Waals surface area contributed by atoms with Crippen molar-refractivity contribution in [3.05, 3.63) is 70.8 Å². The van der Waals surface area contributed by atoms with Crippen molar-refractivity contribution in [3.63, 3.8) is 0 Å². The Bertz CT molecular complexity index is 1220.